The minimum absolute atomic E-state index is 0.204. The topological polar surface area (TPSA) is 92.9 Å². The Morgan fingerprint density at radius 1 is 1.04 bits per heavy atom. The van der Waals surface area contributed by atoms with Crippen LogP contribution in [0.25, 0.3) is 16.7 Å². The van der Waals surface area contributed by atoms with E-state index in [1.54, 1.807) is 29.1 Å². The highest BCUT2D eigenvalue weighted by atomic mass is 16.4. The number of aromatic nitrogens is 4. The van der Waals surface area contributed by atoms with E-state index >= 15 is 0 Å². The Morgan fingerprint density at radius 3 is 2.68 bits per heavy atom. The summed E-state index contributed by atoms with van der Waals surface area (Å²) in [6.07, 6.45) is 3.14. The van der Waals surface area contributed by atoms with Gasteiger partial charge in [-0.2, -0.15) is 5.10 Å². The summed E-state index contributed by atoms with van der Waals surface area (Å²) in [5.74, 6) is -0.414. The molecule has 2 aromatic carbocycles. The first-order chi connectivity index (χ1) is 12.2. The van der Waals surface area contributed by atoms with Gasteiger partial charge in [-0.3, -0.25) is 0 Å². The molecule has 0 bridgehead atoms. The second-order valence-corrected chi connectivity index (χ2v) is 5.36. The first-order valence-corrected chi connectivity index (χ1v) is 7.57. The Kier molecular flexibility index (Phi) is 3.59. The van der Waals surface area contributed by atoms with Gasteiger partial charge in [0, 0.05) is 5.69 Å². The molecule has 0 aliphatic carbocycles. The van der Waals surface area contributed by atoms with Crippen molar-refractivity contribution in [2.75, 3.05) is 5.32 Å². The molecular formula is C18H13N5O2. The molecule has 0 spiro atoms. The monoisotopic (exact) mass is 331 g/mol. The molecule has 2 N–H and O–H groups in total. The average Bonchev–Trinajstić information content (AvgIpc) is 3.08. The molecule has 4 aromatic rings. The van der Waals surface area contributed by atoms with E-state index in [0.29, 0.717) is 17.2 Å². The Bertz CT molecular complexity index is 1060. The number of para-hydroxylation sites is 1. The van der Waals surface area contributed by atoms with E-state index < -0.39 is 5.97 Å². The van der Waals surface area contributed by atoms with E-state index in [4.69, 9.17) is 5.11 Å². The van der Waals surface area contributed by atoms with E-state index in [1.807, 2.05) is 30.3 Å². The molecule has 2 aromatic heterocycles. The van der Waals surface area contributed by atoms with Crippen molar-refractivity contribution in [1.29, 1.82) is 0 Å². The third-order valence-electron chi connectivity index (χ3n) is 3.74. The van der Waals surface area contributed by atoms with Crippen LogP contribution in [0, 0.1) is 0 Å². The number of nitrogens with one attached hydrogen (secondary N) is 1. The van der Waals surface area contributed by atoms with Crippen molar-refractivity contribution in [2.24, 2.45) is 0 Å². The normalized spacial score (nSPS) is 10.7. The van der Waals surface area contributed by atoms with Crippen LogP contribution in [0.2, 0.25) is 0 Å². The molecule has 0 unspecified atom stereocenters. The van der Waals surface area contributed by atoms with Crippen LogP contribution in [0.5, 0.6) is 0 Å². The predicted octanol–water partition coefficient (Wildman–Crippen LogP) is 3.26. The van der Waals surface area contributed by atoms with E-state index in [-0.39, 0.29) is 5.56 Å². The number of carboxylic acid groups (broad SMARTS) is 1. The van der Waals surface area contributed by atoms with Crippen molar-refractivity contribution in [3.05, 3.63) is 72.7 Å². The summed E-state index contributed by atoms with van der Waals surface area (Å²) in [5, 5.41) is 17.4. The zero-order valence-electron chi connectivity index (χ0n) is 13.0. The number of rotatable bonds is 4. The molecule has 0 amide bonds. The van der Waals surface area contributed by atoms with Crippen LogP contribution in [0.1, 0.15) is 10.4 Å². The largest absolute Gasteiger partial charge is 0.478 e. The van der Waals surface area contributed by atoms with Crippen molar-refractivity contribution >= 4 is 28.5 Å². The molecule has 0 radical (unpaired) electrons. The maximum Gasteiger partial charge on any atom is 0.335 e. The molecule has 0 saturated heterocycles. The van der Waals surface area contributed by atoms with Crippen molar-refractivity contribution in [1.82, 2.24) is 19.7 Å². The highest BCUT2D eigenvalue weighted by Crippen LogP contribution is 2.24. The molecule has 7 nitrogen and oxygen atoms in total. The Morgan fingerprint density at radius 2 is 1.88 bits per heavy atom. The molecule has 0 saturated carbocycles. The van der Waals surface area contributed by atoms with Gasteiger partial charge in [-0.15, -0.1) is 0 Å². The van der Waals surface area contributed by atoms with E-state index in [9.17, 15) is 4.79 Å². The lowest BCUT2D eigenvalue weighted by Gasteiger charge is -2.07. The smallest absolute Gasteiger partial charge is 0.335 e. The van der Waals surface area contributed by atoms with Crippen LogP contribution in [-0.4, -0.2) is 30.8 Å². The molecule has 25 heavy (non-hydrogen) atoms. The van der Waals surface area contributed by atoms with Gasteiger partial charge in [-0.1, -0.05) is 24.3 Å². The Balaban J connectivity index is 1.75. The lowest BCUT2D eigenvalue weighted by Crippen LogP contribution is -2.00. The molecule has 0 fully saturated rings. The first kappa shape index (κ1) is 14.8. The summed E-state index contributed by atoms with van der Waals surface area (Å²) in [5.41, 5.74) is 2.40. The summed E-state index contributed by atoms with van der Waals surface area (Å²) in [4.78, 5) is 19.7. The van der Waals surface area contributed by atoms with Gasteiger partial charge >= 0.3 is 5.97 Å². The zero-order chi connectivity index (χ0) is 17.2. The summed E-state index contributed by atoms with van der Waals surface area (Å²) in [7, 11) is 0. The fourth-order valence-corrected chi connectivity index (χ4v) is 2.57. The number of carboxylic acids is 1. The van der Waals surface area contributed by atoms with Crippen molar-refractivity contribution in [3.63, 3.8) is 0 Å². The predicted molar refractivity (Wildman–Crippen MR) is 93.3 cm³/mol. The fraction of sp³-hybridized carbons (Fsp3) is 0. The fourth-order valence-electron chi connectivity index (χ4n) is 2.57. The Hall–Kier alpha value is -3.74. The van der Waals surface area contributed by atoms with Crippen LogP contribution < -0.4 is 5.32 Å². The van der Waals surface area contributed by atoms with Crippen LogP contribution >= 0.6 is 0 Å². The van der Waals surface area contributed by atoms with Crippen LogP contribution in [0.4, 0.5) is 11.5 Å². The van der Waals surface area contributed by atoms with E-state index in [0.717, 1.165) is 11.1 Å². The molecule has 7 heteroatoms. The van der Waals surface area contributed by atoms with Gasteiger partial charge < -0.3 is 10.4 Å². The Labute approximate surface area is 142 Å². The molecule has 2 heterocycles. The molecule has 4 rings (SSSR count). The quantitative estimate of drug-likeness (QED) is 0.596. The number of nitrogens with zero attached hydrogens (tertiary/aromatic N) is 4. The standard InChI is InChI=1S/C18H13N5O2/c24-18(25)12-5-4-6-13(9-12)22-16-15-10-21-23(17(15)20-11-19-16)14-7-2-1-3-8-14/h1-11H,(H,24,25)(H,19,20,22). The van der Waals surface area contributed by atoms with Crippen LogP contribution in [0.3, 0.4) is 0 Å². The molecule has 0 aliphatic heterocycles. The van der Waals surface area contributed by atoms with Gasteiger partial charge in [0.2, 0.25) is 0 Å². The number of hydrogen-bond donors (Lipinski definition) is 2. The van der Waals surface area contributed by atoms with Crippen LogP contribution in [-0.2, 0) is 0 Å². The first-order valence-electron chi connectivity index (χ1n) is 7.57. The van der Waals surface area contributed by atoms with E-state index in [1.165, 1.54) is 12.4 Å². The molecule has 122 valence electrons. The van der Waals surface area contributed by atoms with Crippen molar-refractivity contribution in [3.8, 4) is 5.69 Å². The number of anilines is 2. The van der Waals surface area contributed by atoms with Gasteiger partial charge in [0.1, 0.15) is 12.1 Å². The van der Waals surface area contributed by atoms with Gasteiger partial charge in [0.25, 0.3) is 0 Å². The highest BCUT2D eigenvalue weighted by molar-refractivity contribution is 5.91. The summed E-state index contributed by atoms with van der Waals surface area (Å²) >= 11 is 0. The minimum Gasteiger partial charge on any atom is -0.478 e. The maximum absolute atomic E-state index is 11.1. The number of benzene rings is 2. The number of fused-ring (bicyclic) bond motifs is 1. The zero-order valence-corrected chi connectivity index (χ0v) is 13.0. The maximum atomic E-state index is 11.1. The lowest BCUT2D eigenvalue weighted by atomic mass is 10.2. The van der Waals surface area contributed by atoms with Gasteiger partial charge in [0.05, 0.1) is 22.8 Å². The number of aromatic carboxylic acids is 1. The van der Waals surface area contributed by atoms with Crippen molar-refractivity contribution in [2.45, 2.75) is 0 Å². The molecular weight excluding hydrogens is 318 g/mol. The lowest BCUT2D eigenvalue weighted by molar-refractivity contribution is 0.0697. The number of carbonyl (C=O) groups is 1. The van der Waals surface area contributed by atoms with Gasteiger partial charge in [-0.05, 0) is 30.3 Å². The summed E-state index contributed by atoms with van der Waals surface area (Å²) in [6.45, 7) is 0. The van der Waals surface area contributed by atoms with E-state index in [2.05, 4.69) is 20.4 Å². The third-order valence-corrected chi connectivity index (χ3v) is 3.74. The second-order valence-electron chi connectivity index (χ2n) is 5.36. The average molecular weight is 331 g/mol. The molecule has 0 aliphatic rings. The van der Waals surface area contributed by atoms with Crippen LogP contribution in [0.15, 0.2) is 67.1 Å². The highest BCUT2D eigenvalue weighted by Gasteiger charge is 2.12. The van der Waals surface area contributed by atoms with Gasteiger partial charge in [-0.25, -0.2) is 19.4 Å². The summed E-state index contributed by atoms with van der Waals surface area (Å²) < 4.78 is 1.73. The summed E-state index contributed by atoms with van der Waals surface area (Å²) in [6, 6.07) is 16.2. The SMILES string of the molecule is O=C(O)c1cccc(Nc2ncnc3c2cnn3-c2ccccc2)c1. The van der Waals surface area contributed by atoms with Crippen molar-refractivity contribution < 1.29 is 9.90 Å². The second kappa shape index (κ2) is 6.04. The number of hydrogen-bond acceptors (Lipinski definition) is 5. The molecule has 0 atom stereocenters. The minimum atomic E-state index is -0.978. The van der Waals surface area contributed by atoms with Gasteiger partial charge in [0.15, 0.2) is 5.65 Å². The third kappa shape index (κ3) is 2.78.